The Morgan fingerprint density at radius 3 is 2.50 bits per heavy atom. The zero-order valence-corrected chi connectivity index (χ0v) is 12.9. The molecule has 4 heteroatoms. The number of fused-ring (bicyclic) bond motifs is 1. The smallest absolute Gasteiger partial charge is 0.203 e. The Balaban J connectivity index is 1.84. The third-order valence-corrected chi connectivity index (χ3v) is 4.94. The largest absolute Gasteiger partial charge is 0.491 e. The molecule has 0 aliphatic rings. The van der Waals surface area contributed by atoms with E-state index < -0.39 is 0 Å². The minimum absolute atomic E-state index is 0.0782. The van der Waals surface area contributed by atoms with E-state index >= 15 is 0 Å². The van der Waals surface area contributed by atoms with Crippen molar-refractivity contribution in [2.24, 2.45) is 0 Å². The normalized spacial score (nSPS) is 11.2. The monoisotopic (exact) mass is 302 g/mol. The van der Waals surface area contributed by atoms with Crippen LogP contribution in [0, 0.1) is 0 Å². The average Bonchev–Trinajstić information content (AvgIpc) is 2.98. The highest BCUT2D eigenvalue weighted by Crippen LogP contribution is 2.31. The summed E-state index contributed by atoms with van der Waals surface area (Å²) < 4.78 is 7.94. The summed E-state index contributed by atoms with van der Waals surface area (Å²) in [5.41, 5.74) is 0.704. The Bertz CT molecular complexity index is 707. The summed E-state index contributed by atoms with van der Waals surface area (Å²) in [6.45, 7) is 3.97. The van der Waals surface area contributed by atoms with Crippen LogP contribution in [-0.2, 0) is 0 Å². The van der Waals surface area contributed by atoms with Gasteiger partial charge in [0.15, 0.2) is 0 Å². The van der Waals surface area contributed by atoms with Crippen LogP contribution >= 0.6 is 22.7 Å². The summed E-state index contributed by atoms with van der Waals surface area (Å²) >= 11 is 3.22. The number of carbonyl (C=O) groups excluding carboxylic acids is 1. The van der Waals surface area contributed by atoms with E-state index in [0.717, 1.165) is 10.6 Å². The molecule has 20 heavy (non-hydrogen) atoms. The van der Waals surface area contributed by atoms with Crippen LogP contribution in [0.4, 0.5) is 0 Å². The van der Waals surface area contributed by atoms with E-state index in [2.05, 4.69) is 6.07 Å². The van der Waals surface area contributed by atoms with Crippen LogP contribution in [0.5, 0.6) is 5.75 Å². The van der Waals surface area contributed by atoms with Crippen molar-refractivity contribution in [3.63, 3.8) is 0 Å². The SMILES string of the molecule is CC(C)Oc1ccc(C(=O)c2cc3sccc3s2)cc1. The van der Waals surface area contributed by atoms with E-state index in [4.69, 9.17) is 4.74 Å². The van der Waals surface area contributed by atoms with Gasteiger partial charge in [-0.25, -0.2) is 0 Å². The van der Waals surface area contributed by atoms with Crippen LogP contribution in [0.25, 0.3) is 9.40 Å². The number of ketones is 1. The molecular formula is C16H14O2S2. The molecule has 0 N–H and O–H groups in total. The summed E-state index contributed by atoms with van der Waals surface area (Å²) in [6.07, 6.45) is 0.139. The number of thiophene rings is 2. The standard InChI is InChI=1S/C16H14O2S2/c1-10(2)18-12-5-3-11(4-6-12)16(17)15-9-14-13(20-15)7-8-19-14/h3-10H,1-2H3. The van der Waals surface area contributed by atoms with Gasteiger partial charge in [-0.1, -0.05) is 0 Å². The Hall–Kier alpha value is -1.65. The first kappa shape index (κ1) is 13.3. The Labute approximate surface area is 125 Å². The number of rotatable bonds is 4. The van der Waals surface area contributed by atoms with Crippen LogP contribution in [0.2, 0.25) is 0 Å². The summed E-state index contributed by atoms with van der Waals surface area (Å²) in [4.78, 5) is 13.2. The van der Waals surface area contributed by atoms with Crippen LogP contribution < -0.4 is 4.74 Å². The maximum atomic E-state index is 12.4. The number of benzene rings is 1. The van der Waals surface area contributed by atoms with Gasteiger partial charge in [0, 0.05) is 15.0 Å². The van der Waals surface area contributed by atoms with Gasteiger partial charge >= 0.3 is 0 Å². The lowest BCUT2D eigenvalue weighted by Gasteiger charge is -2.09. The van der Waals surface area contributed by atoms with Gasteiger partial charge < -0.3 is 4.74 Å². The molecule has 2 heterocycles. The highest BCUT2D eigenvalue weighted by molar-refractivity contribution is 7.28. The predicted octanol–water partition coefficient (Wildman–Crippen LogP) is 4.98. The molecule has 0 aliphatic heterocycles. The third-order valence-electron chi connectivity index (χ3n) is 2.85. The molecule has 0 unspecified atom stereocenters. The quantitative estimate of drug-likeness (QED) is 0.635. The zero-order valence-electron chi connectivity index (χ0n) is 11.3. The second kappa shape index (κ2) is 5.38. The number of ether oxygens (including phenoxy) is 1. The second-order valence-corrected chi connectivity index (χ2v) is 6.81. The van der Waals surface area contributed by atoms with E-state index in [0.29, 0.717) is 5.56 Å². The predicted molar refractivity (Wildman–Crippen MR) is 85.3 cm³/mol. The molecule has 0 atom stereocenters. The summed E-state index contributed by atoms with van der Waals surface area (Å²) in [6, 6.07) is 11.4. The molecule has 2 aromatic heterocycles. The van der Waals surface area contributed by atoms with Crippen molar-refractivity contribution in [2.75, 3.05) is 0 Å². The van der Waals surface area contributed by atoms with Crippen molar-refractivity contribution in [1.29, 1.82) is 0 Å². The average molecular weight is 302 g/mol. The molecule has 3 rings (SSSR count). The summed E-state index contributed by atoms with van der Waals surface area (Å²) in [7, 11) is 0. The molecule has 0 saturated heterocycles. The number of carbonyl (C=O) groups is 1. The van der Waals surface area contributed by atoms with Crippen LogP contribution in [0.1, 0.15) is 29.1 Å². The lowest BCUT2D eigenvalue weighted by Crippen LogP contribution is -2.05. The molecule has 2 nitrogen and oxygen atoms in total. The molecule has 0 spiro atoms. The fraction of sp³-hybridized carbons (Fsp3) is 0.188. The summed E-state index contributed by atoms with van der Waals surface area (Å²) in [5.74, 6) is 0.873. The Morgan fingerprint density at radius 1 is 1.10 bits per heavy atom. The first-order valence-electron chi connectivity index (χ1n) is 6.42. The molecule has 1 aromatic carbocycles. The van der Waals surface area contributed by atoms with Gasteiger partial charge in [-0.3, -0.25) is 4.79 Å². The summed E-state index contributed by atoms with van der Waals surface area (Å²) in [5, 5.41) is 2.05. The molecule has 0 saturated carbocycles. The van der Waals surface area contributed by atoms with Gasteiger partial charge in [0.05, 0.1) is 11.0 Å². The maximum absolute atomic E-state index is 12.4. The fourth-order valence-corrected chi connectivity index (χ4v) is 4.05. The Morgan fingerprint density at radius 2 is 1.85 bits per heavy atom. The molecular weight excluding hydrogens is 288 g/mol. The highest BCUT2D eigenvalue weighted by Gasteiger charge is 2.13. The minimum atomic E-state index is 0.0782. The van der Waals surface area contributed by atoms with E-state index in [1.165, 1.54) is 9.40 Å². The fourth-order valence-electron chi connectivity index (χ4n) is 1.98. The lowest BCUT2D eigenvalue weighted by atomic mass is 10.1. The van der Waals surface area contributed by atoms with Gasteiger partial charge in [-0.15, -0.1) is 22.7 Å². The first-order valence-corrected chi connectivity index (χ1v) is 8.11. The van der Waals surface area contributed by atoms with Gasteiger partial charge in [-0.2, -0.15) is 0 Å². The van der Waals surface area contributed by atoms with Crippen LogP contribution in [-0.4, -0.2) is 11.9 Å². The van der Waals surface area contributed by atoms with Crippen molar-refractivity contribution < 1.29 is 9.53 Å². The van der Waals surface area contributed by atoms with Gasteiger partial charge in [0.25, 0.3) is 0 Å². The van der Waals surface area contributed by atoms with E-state index in [9.17, 15) is 4.79 Å². The third kappa shape index (κ3) is 2.62. The van der Waals surface area contributed by atoms with Crippen molar-refractivity contribution in [3.8, 4) is 5.75 Å². The first-order chi connectivity index (χ1) is 9.63. The number of hydrogen-bond acceptors (Lipinski definition) is 4. The second-order valence-electron chi connectivity index (χ2n) is 4.78. The van der Waals surface area contributed by atoms with Crippen molar-refractivity contribution >= 4 is 37.9 Å². The van der Waals surface area contributed by atoms with Gasteiger partial charge in [0.1, 0.15) is 5.75 Å². The Kier molecular flexibility index (Phi) is 3.59. The lowest BCUT2D eigenvalue weighted by molar-refractivity contribution is 0.104. The molecule has 0 amide bonds. The number of hydrogen-bond donors (Lipinski definition) is 0. The van der Waals surface area contributed by atoms with Crippen molar-refractivity contribution in [1.82, 2.24) is 0 Å². The molecule has 0 fully saturated rings. The molecule has 0 bridgehead atoms. The van der Waals surface area contributed by atoms with E-state index in [1.54, 1.807) is 22.7 Å². The van der Waals surface area contributed by atoms with Crippen molar-refractivity contribution in [2.45, 2.75) is 20.0 Å². The molecule has 0 aliphatic carbocycles. The van der Waals surface area contributed by atoms with Crippen LogP contribution in [0.15, 0.2) is 41.8 Å². The molecule has 3 aromatic rings. The molecule has 0 radical (unpaired) electrons. The maximum Gasteiger partial charge on any atom is 0.203 e. The highest BCUT2D eigenvalue weighted by atomic mass is 32.1. The zero-order chi connectivity index (χ0) is 14.1. The van der Waals surface area contributed by atoms with E-state index in [1.807, 2.05) is 49.6 Å². The van der Waals surface area contributed by atoms with Gasteiger partial charge in [0.2, 0.25) is 5.78 Å². The minimum Gasteiger partial charge on any atom is -0.491 e. The van der Waals surface area contributed by atoms with Crippen molar-refractivity contribution in [3.05, 3.63) is 52.2 Å². The van der Waals surface area contributed by atoms with E-state index in [-0.39, 0.29) is 11.9 Å². The topological polar surface area (TPSA) is 26.3 Å². The van der Waals surface area contributed by atoms with Crippen LogP contribution in [0.3, 0.4) is 0 Å². The molecule has 102 valence electrons. The van der Waals surface area contributed by atoms with Gasteiger partial charge in [-0.05, 0) is 55.6 Å².